The molecule has 0 aliphatic carbocycles. The van der Waals surface area contributed by atoms with Crippen LogP contribution in [-0.4, -0.2) is 40.2 Å². The Morgan fingerprint density at radius 1 is 1.43 bits per heavy atom. The molecule has 0 saturated carbocycles. The monoisotopic (exact) mass is 290 g/mol. The van der Waals surface area contributed by atoms with Gasteiger partial charge >= 0.3 is 0 Å². The van der Waals surface area contributed by atoms with E-state index in [-0.39, 0.29) is 18.6 Å². The van der Waals surface area contributed by atoms with Gasteiger partial charge in [0.25, 0.3) is 17.4 Å². The van der Waals surface area contributed by atoms with Gasteiger partial charge in [-0.05, 0) is 12.1 Å². The standard InChI is InChI=1S/C13H14N4O4/c18-9(8-17-6-2-1-3-12(17)20)7-14-13(21)10-4-5-11(19)16-15-10/h1-6,9-10,18H,7-8H2,(H,14,21). The number of hydrogen-bond donors (Lipinski definition) is 2. The van der Waals surface area contributed by atoms with Gasteiger partial charge in [0.1, 0.15) is 0 Å². The van der Waals surface area contributed by atoms with Crippen molar-refractivity contribution in [2.75, 3.05) is 6.54 Å². The van der Waals surface area contributed by atoms with E-state index in [1.807, 2.05) is 0 Å². The third kappa shape index (κ3) is 4.18. The first kappa shape index (κ1) is 14.8. The van der Waals surface area contributed by atoms with Gasteiger partial charge in [-0.2, -0.15) is 5.11 Å². The van der Waals surface area contributed by atoms with E-state index in [1.165, 1.54) is 16.7 Å². The number of carbonyl (C=O) groups excluding carboxylic acids is 2. The molecular weight excluding hydrogens is 276 g/mol. The minimum Gasteiger partial charge on any atom is -0.389 e. The summed E-state index contributed by atoms with van der Waals surface area (Å²) >= 11 is 0. The highest BCUT2D eigenvalue weighted by Gasteiger charge is 2.19. The number of amides is 2. The third-order valence-electron chi connectivity index (χ3n) is 2.79. The van der Waals surface area contributed by atoms with Gasteiger partial charge in [0, 0.05) is 24.9 Å². The predicted octanol–water partition coefficient (Wildman–Crippen LogP) is -0.757. The van der Waals surface area contributed by atoms with Crippen LogP contribution in [0.1, 0.15) is 0 Å². The lowest BCUT2D eigenvalue weighted by atomic mass is 10.2. The zero-order valence-electron chi connectivity index (χ0n) is 11.0. The van der Waals surface area contributed by atoms with Gasteiger partial charge in [-0.15, -0.1) is 5.11 Å². The highest BCUT2D eigenvalue weighted by molar-refractivity contribution is 5.92. The maximum Gasteiger partial charge on any atom is 0.287 e. The molecule has 2 heterocycles. The molecule has 0 fully saturated rings. The molecule has 110 valence electrons. The Hall–Kier alpha value is -2.61. The molecule has 8 heteroatoms. The summed E-state index contributed by atoms with van der Waals surface area (Å²) in [6.45, 7) is 0.0361. The summed E-state index contributed by atoms with van der Waals surface area (Å²) in [5.41, 5.74) is -0.231. The van der Waals surface area contributed by atoms with Crippen LogP contribution in [0.3, 0.4) is 0 Å². The Bertz CT molecular complexity index is 634. The molecule has 0 radical (unpaired) electrons. The molecule has 0 saturated heterocycles. The van der Waals surface area contributed by atoms with E-state index in [1.54, 1.807) is 18.3 Å². The lowest BCUT2D eigenvalue weighted by Crippen LogP contribution is -2.40. The molecular formula is C13H14N4O4. The van der Waals surface area contributed by atoms with Crippen molar-refractivity contribution in [1.29, 1.82) is 0 Å². The van der Waals surface area contributed by atoms with Gasteiger partial charge in [-0.1, -0.05) is 6.07 Å². The van der Waals surface area contributed by atoms with E-state index in [2.05, 4.69) is 15.5 Å². The number of rotatable bonds is 5. The Labute approximate surface area is 119 Å². The molecule has 1 aromatic rings. The number of pyridine rings is 1. The smallest absolute Gasteiger partial charge is 0.287 e. The van der Waals surface area contributed by atoms with Crippen LogP contribution in [0.5, 0.6) is 0 Å². The molecule has 2 rings (SSSR count). The van der Waals surface area contributed by atoms with Crippen molar-refractivity contribution >= 4 is 11.8 Å². The fourth-order valence-electron chi connectivity index (χ4n) is 1.73. The molecule has 2 unspecified atom stereocenters. The van der Waals surface area contributed by atoms with Crippen molar-refractivity contribution < 1.29 is 14.7 Å². The summed E-state index contributed by atoms with van der Waals surface area (Å²) < 4.78 is 1.34. The fourth-order valence-corrected chi connectivity index (χ4v) is 1.73. The van der Waals surface area contributed by atoms with Gasteiger partial charge < -0.3 is 15.0 Å². The maximum absolute atomic E-state index is 11.7. The van der Waals surface area contributed by atoms with Crippen LogP contribution >= 0.6 is 0 Å². The molecule has 1 aliphatic heterocycles. The van der Waals surface area contributed by atoms with E-state index >= 15 is 0 Å². The number of aromatic nitrogens is 1. The van der Waals surface area contributed by atoms with Crippen molar-refractivity contribution in [2.24, 2.45) is 10.2 Å². The first-order valence-electron chi connectivity index (χ1n) is 6.30. The SMILES string of the molecule is O=C1C=CC(C(=O)NCC(O)Cn2ccccc2=O)N=N1. The minimum atomic E-state index is -0.916. The molecule has 0 bridgehead atoms. The summed E-state index contributed by atoms with van der Waals surface area (Å²) in [6.07, 6.45) is 3.13. The van der Waals surface area contributed by atoms with Crippen molar-refractivity contribution in [3.63, 3.8) is 0 Å². The zero-order chi connectivity index (χ0) is 15.2. The first-order valence-corrected chi connectivity index (χ1v) is 6.30. The molecule has 0 spiro atoms. The van der Waals surface area contributed by atoms with Gasteiger partial charge in [0.05, 0.1) is 12.6 Å². The van der Waals surface area contributed by atoms with Crippen molar-refractivity contribution in [3.8, 4) is 0 Å². The molecule has 2 atom stereocenters. The Kier molecular flexibility index (Phi) is 4.72. The normalized spacial score (nSPS) is 18.5. The van der Waals surface area contributed by atoms with Gasteiger partial charge in [-0.3, -0.25) is 14.4 Å². The number of azo groups is 1. The average Bonchev–Trinajstić information content (AvgIpc) is 2.48. The quantitative estimate of drug-likeness (QED) is 0.742. The molecule has 2 N–H and O–H groups in total. The molecule has 8 nitrogen and oxygen atoms in total. The summed E-state index contributed by atoms with van der Waals surface area (Å²) in [5.74, 6) is -0.982. The largest absolute Gasteiger partial charge is 0.389 e. The lowest BCUT2D eigenvalue weighted by Gasteiger charge is -2.15. The number of carbonyl (C=O) groups is 2. The summed E-state index contributed by atoms with van der Waals surface area (Å²) in [4.78, 5) is 34.0. The molecule has 21 heavy (non-hydrogen) atoms. The third-order valence-corrected chi connectivity index (χ3v) is 2.79. The highest BCUT2D eigenvalue weighted by Crippen LogP contribution is 2.02. The number of hydrogen-bond acceptors (Lipinski definition) is 5. The van der Waals surface area contributed by atoms with Crippen LogP contribution in [0.2, 0.25) is 0 Å². The molecule has 1 aromatic heterocycles. The summed E-state index contributed by atoms with van der Waals surface area (Å²) in [5, 5.41) is 19.1. The number of nitrogens with zero attached hydrogens (tertiary/aromatic N) is 3. The second kappa shape index (κ2) is 6.71. The topological polar surface area (TPSA) is 113 Å². The van der Waals surface area contributed by atoms with Gasteiger partial charge in [-0.25, -0.2) is 0 Å². The van der Waals surface area contributed by atoms with Crippen LogP contribution in [0.15, 0.2) is 51.6 Å². The molecule has 0 aromatic carbocycles. The van der Waals surface area contributed by atoms with Crippen LogP contribution < -0.4 is 10.9 Å². The minimum absolute atomic E-state index is 0.0338. The fraction of sp³-hybridized carbons (Fsp3) is 0.308. The van der Waals surface area contributed by atoms with E-state index in [4.69, 9.17) is 0 Å². The average molecular weight is 290 g/mol. The van der Waals surface area contributed by atoms with E-state index in [0.717, 1.165) is 6.08 Å². The zero-order valence-corrected chi connectivity index (χ0v) is 11.0. The number of nitrogens with one attached hydrogen (secondary N) is 1. The van der Waals surface area contributed by atoms with Crippen molar-refractivity contribution in [2.45, 2.75) is 18.7 Å². The Morgan fingerprint density at radius 2 is 2.24 bits per heavy atom. The molecule has 2 amide bonds. The Morgan fingerprint density at radius 3 is 2.90 bits per heavy atom. The van der Waals surface area contributed by atoms with Crippen molar-refractivity contribution in [3.05, 3.63) is 46.9 Å². The van der Waals surface area contributed by atoms with E-state index in [0.29, 0.717) is 0 Å². The second-order valence-electron chi connectivity index (χ2n) is 4.45. The maximum atomic E-state index is 11.7. The second-order valence-corrected chi connectivity index (χ2v) is 4.45. The van der Waals surface area contributed by atoms with Gasteiger partial charge in [0.2, 0.25) is 0 Å². The highest BCUT2D eigenvalue weighted by atomic mass is 16.3. The first-order chi connectivity index (χ1) is 10.1. The molecule has 1 aliphatic rings. The van der Waals surface area contributed by atoms with Crippen molar-refractivity contribution in [1.82, 2.24) is 9.88 Å². The number of aliphatic hydroxyl groups is 1. The van der Waals surface area contributed by atoms with Gasteiger partial charge in [0.15, 0.2) is 6.04 Å². The van der Waals surface area contributed by atoms with E-state index < -0.39 is 24.0 Å². The van der Waals surface area contributed by atoms with Crippen LogP contribution in [0, 0.1) is 0 Å². The van der Waals surface area contributed by atoms with E-state index in [9.17, 15) is 19.5 Å². The lowest BCUT2D eigenvalue weighted by molar-refractivity contribution is -0.122. The predicted molar refractivity (Wildman–Crippen MR) is 72.5 cm³/mol. The number of aliphatic hydroxyl groups excluding tert-OH is 1. The van der Waals surface area contributed by atoms with Crippen LogP contribution in [0.25, 0.3) is 0 Å². The Balaban J connectivity index is 1.83. The van der Waals surface area contributed by atoms with Crippen LogP contribution in [-0.2, 0) is 16.1 Å². The van der Waals surface area contributed by atoms with Crippen LogP contribution in [0.4, 0.5) is 0 Å². The summed E-state index contributed by atoms with van der Waals surface area (Å²) in [6, 6.07) is 3.80. The summed E-state index contributed by atoms with van der Waals surface area (Å²) in [7, 11) is 0.